The van der Waals surface area contributed by atoms with Gasteiger partial charge in [0, 0.05) is 6.04 Å². The summed E-state index contributed by atoms with van der Waals surface area (Å²) in [7, 11) is -11.7. The highest BCUT2D eigenvalue weighted by Crippen LogP contribution is 2.24. The molecule has 13 heteroatoms. The monoisotopic (exact) mass is 446 g/mol. The molecule has 0 heterocycles. The van der Waals surface area contributed by atoms with Gasteiger partial charge in [0.2, 0.25) is 10.0 Å². The van der Waals surface area contributed by atoms with E-state index in [1.54, 1.807) is 0 Å². The number of hydrogen-bond donors (Lipinski definition) is 4. The molecule has 1 fully saturated rings. The number of rotatable bonds is 8. The van der Waals surface area contributed by atoms with E-state index in [1.807, 2.05) is 4.72 Å². The predicted octanol–water partition coefficient (Wildman–Crippen LogP) is 0.544. The molecule has 3 rings (SSSR count). The molecule has 0 saturated heterocycles. The minimum atomic E-state index is -4.02. The topological polar surface area (TPSA) is 165 Å². The van der Waals surface area contributed by atoms with Gasteiger partial charge in [-0.3, -0.25) is 9.44 Å². The Morgan fingerprint density at radius 2 is 1.25 bits per heavy atom. The van der Waals surface area contributed by atoms with Crippen LogP contribution in [0.5, 0.6) is 0 Å². The molecule has 1 aliphatic carbocycles. The number of hydrogen-bond acceptors (Lipinski definition) is 6. The van der Waals surface area contributed by atoms with Gasteiger partial charge in [-0.05, 0) is 55.3 Å². The Morgan fingerprint density at radius 3 is 1.75 bits per heavy atom. The highest BCUT2D eigenvalue weighted by Gasteiger charge is 2.28. The predicted molar refractivity (Wildman–Crippen MR) is 104 cm³/mol. The summed E-state index contributed by atoms with van der Waals surface area (Å²) in [4.78, 5) is -0.180. The fourth-order valence-corrected chi connectivity index (χ4v) is 5.12. The fraction of sp³-hybridized carbons (Fsp3) is 0.200. The first-order valence-electron chi connectivity index (χ1n) is 8.00. The van der Waals surface area contributed by atoms with Crippen LogP contribution in [0.25, 0.3) is 0 Å². The standard InChI is InChI=1S/C15H18N4O6S3/c16-28(24,25)19-13-3-1-2-12(10-13)18-27(22,23)15-8-6-14(7-9-15)26(20,21)17-11-4-5-11/h1-3,6-11,17-19H,4-5H2,(H2,16,24,25). The summed E-state index contributed by atoms with van der Waals surface area (Å²) in [5.41, 5.74) is 0.177. The normalized spacial score (nSPS) is 15.2. The molecule has 152 valence electrons. The average molecular weight is 447 g/mol. The van der Waals surface area contributed by atoms with Gasteiger partial charge in [0.15, 0.2) is 0 Å². The van der Waals surface area contributed by atoms with Crippen molar-refractivity contribution in [1.29, 1.82) is 0 Å². The van der Waals surface area contributed by atoms with E-state index in [0.29, 0.717) is 0 Å². The van der Waals surface area contributed by atoms with E-state index in [4.69, 9.17) is 5.14 Å². The summed E-state index contributed by atoms with van der Waals surface area (Å²) in [5, 5.41) is 4.89. The molecule has 0 bridgehead atoms. The maximum Gasteiger partial charge on any atom is 0.296 e. The van der Waals surface area contributed by atoms with Crippen molar-refractivity contribution in [3.63, 3.8) is 0 Å². The van der Waals surface area contributed by atoms with E-state index in [2.05, 4.69) is 9.44 Å². The molecule has 0 spiro atoms. The quantitative estimate of drug-likeness (QED) is 0.462. The van der Waals surface area contributed by atoms with Crippen LogP contribution in [-0.4, -0.2) is 31.3 Å². The number of benzene rings is 2. The van der Waals surface area contributed by atoms with E-state index in [-0.39, 0.29) is 27.2 Å². The fourth-order valence-electron chi connectivity index (χ4n) is 2.31. The Bertz CT molecular complexity index is 1190. The van der Waals surface area contributed by atoms with Crippen LogP contribution in [-0.2, 0) is 30.3 Å². The summed E-state index contributed by atoms with van der Waals surface area (Å²) in [6, 6.07) is 10.2. The van der Waals surface area contributed by atoms with Crippen molar-refractivity contribution < 1.29 is 25.3 Å². The molecule has 1 aliphatic rings. The van der Waals surface area contributed by atoms with Crippen molar-refractivity contribution in [2.75, 3.05) is 9.44 Å². The average Bonchev–Trinajstić information content (AvgIpc) is 3.36. The lowest BCUT2D eigenvalue weighted by molar-refractivity contribution is 0.580. The van der Waals surface area contributed by atoms with Gasteiger partial charge in [-0.15, -0.1) is 0 Å². The molecule has 0 aromatic heterocycles. The van der Waals surface area contributed by atoms with E-state index in [0.717, 1.165) is 12.8 Å². The van der Waals surface area contributed by atoms with Crippen molar-refractivity contribution >= 4 is 41.6 Å². The molecule has 0 amide bonds. The number of nitrogens with one attached hydrogen (secondary N) is 3. The third kappa shape index (κ3) is 5.42. The van der Waals surface area contributed by atoms with Gasteiger partial charge in [0.25, 0.3) is 20.2 Å². The maximum atomic E-state index is 12.5. The third-order valence-electron chi connectivity index (χ3n) is 3.72. The Balaban J connectivity index is 1.78. The van der Waals surface area contributed by atoms with Crippen LogP contribution < -0.4 is 19.3 Å². The van der Waals surface area contributed by atoms with Crippen LogP contribution in [0.15, 0.2) is 58.3 Å². The van der Waals surface area contributed by atoms with Gasteiger partial charge in [-0.25, -0.2) is 26.7 Å². The molecule has 1 saturated carbocycles. The zero-order valence-electron chi connectivity index (χ0n) is 14.4. The van der Waals surface area contributed by atoms with Gasteiger partial charge < -0.3 is 0 Å². The van der Waals surface area contributed by atoms with Crippen molar-refractivity contribution in [1.82, 2.24) is 4.72 Å². The van der Waals surface area contributed by atoms with E-state index in [9.17, 15) is 25.3 Å². The van der Waals surface area contributed by atoms with Crippen LogP contribution in [0.3, 0.4) is 0 Å². The molecule has 10 nitrogen and oxygen atoms in total. The molecule has 0 radical (unpaired) electrons. The number of nitrogens with two attached hydrogens (primary N) is 1. The Morgan fingerprint density at radius 1 is 0.750 bits per heavy atom. The SMILES string of the molecule is NS(=O)(=O)Nc1cccc(NS(=O)(=O)c2ccc(S(=O)(=O)NC3CC3)cc2)c1. The van der Waals surface area contributed by atoms with Crippen molar-refractivity contribution in [3.05, 3.63) is 48.5 Å². The van der Waals surface area contributed by atoms with Gasteiger partial charge >= 0.3 is 0 Å². The summed E-state index contributed by atoms with van der Waals surface area (Å²) >= 11 is 0. The largest absolute Gasteiger partial charge is 0.296 e. The highest BCUT2D eigenvalue weighted by atomic mass is 32.2. The second kappa shape index (κ2) is 7.33. The smallest absolute Gasteiger partial charge is 0.280 e. The van der Waals surface area contributed by atoms with Crippen LogP contribution in [0.4, 0.5) is 11.4 Å². The lowest BCUT2D eigenvalue weighted by atomic mass is 10.3. The number of sulfonamides is 2. The zero-order chi connectivity index (χ0) is 20.6. The van der Waals surface area contributed by atoms with Gasteiger partial charge in [-0.2, -0.15) is 8.42 Å². The summed E-state index contributed by atoms with van der Waals surface area (Å²) in [5.74, 6) is 0. The van der Waals surface area contributed by atoms with Crippen LogP contribution in [0.1, 0.15) is 12.8 Å². The summed E-state index contributed by atoms with van der Waals surface area (Å²) < 4.78 is 78.3. The zero-order valence-corrected chi connectivity index (χ0v) is 16.8. The molecule has 0 aliphatic heterocycles. The highest BCUT2D eigenvalue weighted by molar-refractivity contribution is 7.92. The number of anilines is 2. The molecule has 2 aromatic carbocycles. The van der Waals surface area contributed by atoms with E-state index < -0.39 is 30.3 Å². The van der Waals surface area contributed by atoms with Crippen LogP contribution in [0, 0.1) is 0 Å². The van der Waals surface area contributed by atoms with Crippen molar-refractivity contribution in [2.45, 2.75) is 28.7 Å². The molecule has 2 aromatic rings. The van der Waals surface area contributed by atoms with Gasteiger partial charge in [-0.1, -0.05) is 6.07 Å². The second-order valence-electron chi connectivity index (χ2n) is 6.20. The minimum Gasteiger partial charge on any atom is -0.280 e. The molecule has 0 atom stereocenters. The van der Waals surface area contributed by atoms with E-state index in [1.165, 1.54) is 48.5 Å². The van der Waals surface area contributed by atoms with Gasteiger partial charge in [0.05, 0.1) is 21.2 Å². The second-order valence-corrected chi connectivity index (χ2v) is 10.9. The van der Waals surface area contributed by atoms with Crippen molar-refractivity contribution in [3.8, 4) is 0 Å². The van der Waals surface area contributed by atoms with E-state index >= 15 is 0 Å². The Labute approximate surface area is 163 Å². The summed E-state index contributed by atoms with van der Waals surface area (Å²) in [6.07, 6.45) is 1.57. The first kappa shape index (κ1) is 20.5. The molecule has 5 N–H and O–H groups in total. The van der Waals surface area contributed by atoms with Crippen LogP contribution in [0.2, 0.25) is 0 Å². The minimum absolute atomic E-state index is 0.0299. The lowest BCUT2D eigenvalue weighted by Crippen LogP contribution is -2.25. The molecular weight excluding hydrogens is 428 g/mol. The first-order valence-corrected chi connectivity index (χ1v) is 12.5. The van der Waals surface area contributed by atoms with Crippen molar-refractivity contribution in [2.24, 2.45) is 5.14 Å². The Kier molecular flexibility index (Phi) is 5.38. The first-order chi connectivity index (χ1) is 12.9. The third-order valence-corrected chi connectivity index (χ3v) is 7.17. The lowest BCUT2D eigenvalue weighted by Gasteiger charge is -2.11. The molecule has 28 heavy (non-hydrogen) atoms. The molecular formula is C15H18N4O6S3. The molecule has 0 unspecified atom stereocenters. The van der Waals surface area contributed by atoms with Gasteiger partial charge in [0.1, 0.15) is 0 Å². The van der Waals surface area contributed by atoms with Crippen LogP contribution >= 0.6 is 0 Å². The Hall–Kier alpha value is -2.19. The summed E-state index contributed by atoms with van der Waals surface area (Å²) in [6.45, 7) is 0. The maximum absolute atomic E-state index is 12.5.